The number of unbranched alkanes of at least 4 members (excludes halogenated alkanes) is 15. The van der Waals surface area contributed by atoms with Gasteiger partial charge < -0.3 is 4.90 Å². The molecule has 0 amide bonds. The van der Waals surface area contributed by atoms with Crippen molar-refractivity contribution < 1.29 is 0 Å². The maximum Gasteiger partial charge on any atom is 0.000979 e. The van der Waals surface area contributed by atoms with Gasteiger partial charge in [-0.1, -0.05) is 176 Å². The lowest BCUT2D eigenvalue weighted by molar-refractivity contribution is 0.151. The fourth-order valence-corrected chi connectivity index (χ4v) is 6.23. The van der Waals surface area contributed by atoms with Crippen LogP contribution in [-0.4, -0.2) is 24.5 Å². The molecule has 224 valence electrons. The van der Waals surface area contributed by atoms with Crippen molar-refractivity contribution in [2.75, 3.05) is 19.6 Å². The molecule has 0 rings (SSSR count). The molecule has 1 heteroatoms. The molecule has 0 aliphatic heterocycles. The van der Waals surface area contributed by atoms with Gasteiger partial charge in [0, 0.05) is 19.6 Å². The van der Waals surface area contributed by atoms with Gasteiger partial charge in [0.1, 0.15) is 0 Å². The third-order valence-electron chi connectivity index (χ3n) is 9.18. The lowest BCUT2D eigenvalue weighted by Gasteiger charge is -2.33. The minimum Gasteiger partial charge on any atom is -0.303 e. The topological polar surface area (TPSA) is 3.24 Å². The van der Waals surface area contributed by atoms with E-state index in [0.717, 1.165) is 17.8 Å². The van der Waals surface area contributed by atoms with Crippen LogP contribution in [-0.2, 0) is 0 Å². The molecule has 0 aliphatic rings. The van der Waals surface area contributed by atoms with E-state index >= 15 is 0 Å². The van der Waals surface area contributed by atoms with Crippen LogP contribution in [0.3, 0.4) is 0 Å². The Kier molecular flexibility index (Phi) is 28.9. The number of nitrogens with zero attached hydrogens (tertiary/aromatic N) is 1. The lowest BCUT2D eigenvalue weighted by atomic mass is 9.92. The largest absolute Gasteiger partial charge is 0.303 e. The maximum absolute atomic E-state index is 2.97. The van der Waals surface area contributed by atoms with Crippen LogP contribution < -0.4 is 0 Å². The van der Waals surface area contributed by atoms with Gasteiger partial charge in [0.2, 0.25) is 0 Å². The summed E-state index contributed by atoms with van der Waals surface area (Å²) >= 11 is 0. The Labute approximate surface area is 237 Å². The molecule has 0 heterocycles. The van der Waals surface area contributed by atoms with Gasteiger partial charge in [-0.2, -0.15) is 0 Å². The average molecular weight is 522 g/mol. The van der Waals surface area contributed by atoms with E-state index in [9.17, 15) is 0 Å². The third-order valence-corrected chi connectivity index (χ3v) is 9.18. The predicted octanol–water partition coefficient (Wildman–Crippen LogP) is 12.6. The van der Waals surface area contributed by atoms with Crippen molar-refractivity contribution in [2.24, 2.45) is 17.8 Å². The second kappa shape index (κ2) is 29.0. The van der Waals surface area contributed by atoms with Gasteiger partial charge in [-0.25, -0.2) is 0 Å². The van der Waals surface area contributed by atoms with Crippen molar-refractivity contribution in [1.29, 1.82) is 0 Å². The summed E-state index contributed by atoms with van der Waals surface area (Å²) in [5, 5.41) is 0. The van der Waals surface area contributed by atoms with Gasteiger partial charge in [-0.15, -0.1) is 0 Å². The molecule has 0 fully saturated rings. The summed E-state index contributed by atoms with van der Waals surface area (Å²) in [5.41, 5.74) is 0. The molecule has 0 aromatic heterocycles. The van der Waals surface area contributed by atoms with Crippen molar-refractivity contribution in [2.45, 2.75) is 196 Å². The van der Waals surface area contributed by atoms with Gasteiger partial charge in [-0.05, 0) is 37.0 Å². The Morgan fingerprint density at radius 3 is 0.811 bits per heavy atom. The van der Waals surface area contributed by atoms with Gasteiger partial charge in [-0.3, -0.25) is 0 Å². The van der Waals surface area contributed by atoms with E-state index in [1.165, 1.54) is 174 Å². The molecule has 0 saturated heterocycles. The van der Waals surface area contributed by atoms with E-state index in [-0.39, 0.29) is 0 Å². The fraction of sp³-hybridized carbons (Fsp3) is 1.00. The first-order chi connectivity index (χ1) is 18.1. The second-order valence-electron chi connectivity index (χ2n) is 12.7. The van der Waals surface area contributed by atoms with Crippen LogP contribution in [0.25, 0.3) is 0 Å². The summed E-state index contributed by atoms with van der Waals surface area (Å²) in [5.74, 6) is 2.72. The first-order valence-corrected chi connectivity index (χ1v) is 17.9. The highest BCUT2D eigenvalue weighted by molar-refractivity contribution is 4.73. The zero-order chi connectivity index (χ0) is 27.4. The fourth-order valence-electron chi connectivity index (χ4n) is 6.23. The number of hydrogen-bond acceptors (Lipinski definition) is 1. The van der Waals surface area contributed by atoms with Crippen molar-refractivity contribution in [3.05, 3.63) is 0 Å². The highest BCUT2D eigenvalue weighted by Gasteiger charge is 2.20. The van der Waals surface area contributed by atoms with Crippen LogP contribution in [0.15, 0.2) is 0 Å². The molecule has 0 N–H and O–H groups in total. The Balaban J connectivity index is 4.82. The molecule has 1 nitrogen and oxygen atoms in total. The normalized spacial score (nSPS) is 14.4. The van der Waals surface area contributed by atoms with Crippen LogP contribution in [0, 0.1) is 17.8 Å². The summed E-state index contributed by atoms with van der Waals surface area (Å²) in [6.07, 6.45) is 34.3. The SMILES string of the molecule is CCCCCCCCC(CC)CN(CC(CC)CCCCCCCC)CC(CC)CCCCCCCC. The molecular weight excluding hydrogens is 446 g/mol. The lowest BCUT2D eigenvalue weighted by Crippen LogP contribution is -2.37. The average Bonchev–Trinajstić information content (AvgIpc) is 2.91. The van der Waals surface area contributed by atoms with Crippen molar-refractivity contribution >= 4 is 0 Å². The predicted molar refractivity (Wildman–Crippen MR) is 172 cm³/mol. The summed E-state index contributed by atoms with van der Waals surface area (Å²) < 4.78 is 0. The Morgan fingerprint density at radius 2 is 0.568 bits per heavy atom. The Morgan fingerprint density at radius 1 is 0.324 bits per heavy atom. The molecule has 0 radical (unpaired) electrons. The highest BCUT2D eigenvalue weighted by atomic mass is 15.1. The molecule has 0 aromatic carbocycles. The maximum atomic E-state index is 2.97. The van der Waals surface area contributed by atoms with E-state index in [1.807, 2.05) is 0 Å². The van der Waals surface area contributed by atoms with Crippen molar-refractivity contribution in [1.82, 2.24) is 4.90 Å². The van der Waals surface area contributed by atoms with E-state index in [4.69, 9.17) is 0 Å². The van der Waals surface area contributed by atoms with E-state index < -0.39 is 0 Å². The minimum atomic E-state index is 0.907. The minimum absolute atomic E-state index is 0.907. The van der Waals surface area contributed by atoms with Gasteiger partial charge >= 0.3 is 0 Å². The van der Waals surface area contributed by atoms with Gasteiger partial charge in [0.05, 0.1) is 0 Å². The van der Waals surface area contributed by atoms with Crippen LogP contribution in [0.4, 0.5) is 0 Å². The molecule has 0 spiro atoms. The van der Waals surface area contributed by atoms with Gasteiger partial charge in [0.25, 0.3) is 0 Å². The van der Waals surface area contributed by atoms with Crippen LogP contribution in [0.5, 0.6) is 0 Å². The molecule has 37 heavy (non-hydrogen) atoms. The summed E-state index contributed by atoms with van der Waals surface area (Å²) in [7, 11) is 0. The van der Waals surface area contributed by atoms with Gasteiger partial charge in [0.15, 0.2) is 0 Å². The molecule has 0 saturated carbocycles. The standard InChI is InChI=1S/C36H75N/c1-7-13-16-19-22-25-28-34(10-4)31-37(32-35(11-5)29-26-23-20-17-14-8-2)33-36(12-6)30-27-24-21-18-15-9-3/h34-36H,7-33H2,1-6H3. The van der Waals surface area contributed by atoms with E-state index in [1.54, 1.807) is 0 Å². The van der Waals surface area contributed by atoms with Crippen LogP contribution in [0.1, 0.15) is 196 Å². The Hall–Kier alpha value is -0.0400. The quantitative estimate of drug-likeness (QED) is 0.0849. The summed E-state index contributed by atoms with van der Waals surface area (Å²) in [6.45, 7) is 18.5. The summed E-state index contributed by atoms with van der Waals surface area (Å²) in [4.78, 5) is 2.97. The van der Waals surface area contributed by atoms with Crippen LogP contribution >= 0.6 is 0 Å². The molecule has 3 atom stereocenters. The zero-order valence-corrected chi connectivity index (χ0v) is 27.3. The number of rotatable bonds is 30. The van der Waals surface area contributed by atoms with Crippen molar-refractivity contribution in [3.63, 3.8) is 0 Å². The Bertz CT molecular complexity index is 357. The van der Waals surface area contributed by atoms with E-state index in [0.29, 0.717) is 0 Å². The highest BCUT2D eigenvalue weighted by Crippen LogP contribution is 2.24. The first kappa shape index (κ1) is 37.0. The first-order valence-electron chi connectivity index (χ1n) is 17.9. The molecule has 0 bridgehead atoms. The molecule has 0 aliphatic carbocycles. The molecular formula is C36H75N. The summed E-state index contributed by atoms with van der Waals surface area (Å²) in [6, 6.07) is 0. The third kappa shape index (κ3) is 23.6. The second-order valence-corrected chi connectivity index (χ2v) is 12.7. The van der Waals surface area contributed by atoms with E-state index in [2.05, 4.69) is 46.4 Å². The molecule has 0 aromatic rings. The monoisotopic (exact) mass is 522 g/mol. The number of hydrogen-bond donors (Lipinski definition) is 0. The zero-order valence-electron chi connectivity index (χ0n) is 27.3. The smallest absolute Gasteiger partial charge is 0.000979 e. The van der Waals surface area contributed by atoms with Crippen LogP contribution in [0.2, 0.25) is 0 Å². The van der Waals surface area contributed by atoms with Crippen molar-refractivity contribution in [3.8, 4) is 0 Å². The molecule has 3 unspecified atom stereocenters.